The van der Waals surface area contributed by atoms with E-state index in [1.165, 1.54) is 0 Å². The zero-order valence-electron chi connectivity index (χ0n) is 16.3. The van der Waals surface area contributed by atoms with Crippen LogP contribution in [0.2, 0.25) is 0 Å². The van der Waals surface area contributed by atoms with Gasteiger partial charge in [-0.1, -0.05) is 57.4 Å². The van der Waals surface area contributed by atoms with Crippen LogP contribution in [0.3, 0.4) is 0 Å². The average molecular weight is 372 g/mol. The van der Waals surface area contributed by atoms with Crippen molar-refractivity contribution in [1.29, 1.82) is 0 Å². The van der Waals surface area contributed by atoms with Crippen molar-refractivity contribution in [2.45, 2.75) is 58.7 Å². The van der Waals surface area contributed by atoms with Crippen molar-refractivity contribution < 1.29 is 13.9 Å². The van der Waals surface area contributed by atoms with E-state index in [9.17, 15) is 4.39 Å². The van der Waals surface area contributed by atoms with Gasteiger partial charge in [-0.15, -0.1) is 0 Å². The van der Waals surface area contributed by atoms with Crippen LogP contribution < -0.4 is 0 Å². The van der Waals surface area contributed by atoms with Gasteiger partial charge < -0.3 is 9.47 Å². The molecule has 27 heavy (non-hydrogen) atoms. The molecule has 1 aromatic carbocycles. The quantitative estimate of drug-likeness (QED) is 0.455. The first kappa shape index (κ1) is 19.9. The first-order chi connectivity index (χ1) is 13.2. The van der Waals surface area contributed by atoms with Crippen molar-refractivity contribution in [3.05, 3.63) is 47.8 Å². The highest BCUT2D eigenvalue weighted by Gasteiger charge is 2.23. The molecule has 0 saturated carbocycles. The third-order valence-corrected chi connectivity index (χ3v) is 4.95. The maximum atomic E-state index is 14.4. The van der Waals surface area contributed by atoms with Crippen LogP contribution in [-0.4, -0.2) is 23.2 Å². The van der Waals surface area contributed by atoms with Crippen LogP contribution in [0.5, 0.6) is 0 Å². The molecule has 0 aliphatic carbocycles. The van der Waals surface area contributed by atoms with Gasteiger partial charge in [-0.3, -0.25) is 0 Å². The number of halogens is 1. The number of ether oxygens (including phenoxy) is 2. The number of nitrogens with zero attached hydrogens (tertiary/aromatic N) is 2. The van der Waals surface area contributed by atoms with E-state index in [2.05, 4.69) is 23.8 Å². The van der Waals surface area contributed by atoms with Crippen LogP contribution in [0.15, 0.2) is 30.5 Å². The molecule has 1 aliphatic rings. The molecule has 0 radical (unpaired) electrons. The number of aryl methyl sites for hydroxylation is 1. The molecule has 2 heterocycles. The van der Waals surface area contributed by atoms with Gasteiger partial charge >= 0.3 is 0 Å². The Morgan fingerprint density at radius 2 is 1.78 bits per heavy atom. The Balaban J connectivity index is 1.63. The van der Waals surface area contributed by atoms with E-state index in [-0.39, 0.29) is 6.29 Å². The van der Waals surface area contributed by atoms with E-state index >= 15 is 0 Å². The number of aromatic nitrogens is 2. The van der Waals surface area contributed by atoms with Crippen molar-refractivity contribution >= 4 is 0 Å². The van der Waals surface area contributed by atoms with Crippen LogP contribution in [0, 0.1) is 11.9 Å². The topological polar surface area (TPSA) is 44.2 Å². The summed E-state index contributed by atoms with van der Waals surface area (Å²) in [5, 5.41) is 0. The Kier molecular flexibility index (Phi) is 7.30. The molecule has 1 fully saturated rings. The minimum absolute atomic E-state index is 0.339. The highest BCUT2D eigenvalue weighted by molar-refractivity contribution is 5.62. The van der Waals surface area contributed by atoms with Crippen molar-refractivity contribution in [2.24, 2.45) is 5.92 Å². The highest BCUT2D eigenvalue weighted by atomic mass is 19.1. The van der Waals surface area contributed by atoms with Crippen LogP contribution in [0.4, 0.5) is 4.39 Å². The Hall–Kier alpha value is -1.85. The lowest BCUT2D eigenvalue weighted by Gasteiger charge is -2.29. The predicted molar refractivity (Wildman–Crippen MR) is 104 cm³/mol. The van der Waals surface area contributed by atoms with Gasteiger partial charge in [0.05, 0.1) is 18.8 Å². The number of rotatable bonds is 8. The fourth-order valence-corrected chi connectivity index (χ4v) is 3.37. The van der Waals surface area contributed by atoms with Gasteiger partial charge in [0.1, 0.15) is 5.82 Å². The van der Waals surface area contributed by atoms with E-state index in [4.69, 9.17) is 9.47 Å². The maximum Gasteiger partial charge on any atom is 0.224 e. The Labute approximate surface area is 161 Å². The monoisotopic (exact) mass is 372 g/mol. The first-order valence-corrected chi connectivity index (χ1v) is 10.1. The number of unbranched alkanes of at least 4 members (excludes halogenated alkanes) is 2. The van der Waals surface area contributed by atoms with Crippen LogP contribution >= 0.6 is 0 Å². The normalized spacial score (nSPS) is 20.0. The Morgan fingerprint density at radius 1 is 1.04 bits per heavy atom. The molecule has 5 heteroatoms. The summed E-state index contributed by atoms with van der Waals surface area (Å²) < 4.78 is 26.1. The van der Waals surface area contributed by atoms with Gasteiger partial charge in [-0.25, -0.2) is 9.97 Å². The summed E-state index contributed by atoms with van der Waals surface area (Å²) in [5.41, 5.74) is 2.14. The molecule has 4 nitrogen and oxygen atoms in total. The summed E-state index contributed by atoms with van der Waals surface area (Å²) in [6.45, 7) is 5.76. The largest absolute Gasteiger partial charge is 0.348 e. The molecular weight excluding hydrogens is 343 g/mol. The van der Waals surface area contributed by atoms with Crippen molar-refractivity contribution in [3.63, 3.8) is 0 Å². The molecule has 1 saturated heterocycles. The van der Waals surface area contributed by atoms with Crippen LogP contribution in [0.25, 0.3) is 11.1 Å². The van der Waals surface area contributed by atoms with Crippen molar-refractivity contribution in [1.82, 2.24) is 9.97 Å². The van der Waals surface area contributed by atoms with Gasteiger partial charge in [-0.2, -0.15) is 4.39 Å². The number of hydrogen-bond acceptors (Lipinski definition) is 4. The van der Waals surface area contributed by atoms with E-state index in [1.54, 1.807) is 6.20 Å². The van der Waals surface area contributed by atoms with Crippen LogP contribution in [0.1, 0.15) is 63.6 Å². The average Bonchev–Trinajstić information content (AvgIpc) is 2.69. The summed E-state index contributed by atoms with van der Waals surface area (Å²) in [7, 11) is 0. The molecule has 1 aliphatic heterocycles. The molecule has 0 unspecified atom stereocenters. The lowest BCUT2D eigenvalue weighted by Crippen LogP contribution is -2.26. The molecule has 0 bridgehead atoms. The van der Waals surface area contributed by atoms with E-state index in [1.807, 2.05) is 24.3 Å². The van der Waals surface area contributed by atoms with Gasteiger partial charge in [-0.05, 0) is 18.4 Å². The molecule has 0 spiro atoms. The smallest absolute Gasteiger partial charge is 0.224 e. The van der Waals surface area contributed by atoms with Gasteiger partial charge in [0.15, 0.2) is 6.29 Å². The first-order valence-electron chi connectivity index (χ1n) is 10.1. The summed E-state index contributed by atoms with van der Waals surface area (Å²) in [6, 6.07) is 7.60. The Bertz CT molecular complexity index is 713. The number of benzene rings is 1. The molecule has 0 N–H and O–H groups in total. The molecular formula is C22H29FN2O2. The lowest BCUT2D eigenvalue weighted by molar-refractivity contribution is -0.206. The molecule has 0 amide bonds. The fraction of sp³-hybridized carbons (Fsp3) is 0.545. The number of hydrogen-bond donors (Lipinski definition) is 0. The minimum Gasteiger partial charge on any atom is -0.348 e. The van der Waals surface area contributed by atoms with Gasteiger partial charge in [0, 0.05) is 24.1 Å². The van der Waals surface area contributed by atoms with Gasteiger partial charge in [0.2, 0.25) is 5.95 Å². The Morgan fingerprint density at radius 3 is 2.41 bits per heavy atom. The van der Waals surface area contributed by atoms with E-state index in [0.717, 1.165) is 62.9 Å². The standard InChI is InChI=1S/C22H29FN2O2/c1-3-5-6-8-20-24-13-19(21(23)25-20)17-9-11-18(12-10-17)22-26-14-16(7-4-2)15-27-22/h9-13,16,22H,3-8,14-15H2,1-2H3. The van der Waals surface area contributed by atoms with Crippen molar-refractivity contribution in [2.75, 3.05) is 13.2 Å². The molecule has 0 atom stereocenters. The summed E-state index contributed by atoms with van der Waals surface area (Å²) in [6.07, 6.45) is 7.46. The molecule has 3 rings (SSSR count). The van der Waals surface area contributed by atoms with Crippen molar-refractivity contribution in [3.8, 4) is 11.1 Å². The molecule has 146 valence electrons. The fourth-order valence-electron chi connectivity index (χ4n) is 3.37. The zero-order chi connectivity index (χ0) is 19.1. The zero-order valence-corrected chi connectivity index (χ0v) is 16.3. The summed E-state index contributed by atoms with van der Waals surface area (Å²) >= 11 is 0. The van der Waals surface area contributed by atoms with E-state index < -0.39 is 5.95 Å². The third kappa shape index (κ3) is 5.33. The highest BCUT2D eigenvalue weighted by Crippen LogP contribution is 2.29. The van der Waals surface area contributed by atoms with Crippen LogP contribution in [-0.2, 0) is 15.9 Å². The van der Waals surface area contributed by atoms with E-state index in [0.29, 0.717) is 17.3 Å². The summed E-state index contributed by atoms with van der Waals surface area (Å²) in [5.74, 6) is 0.594. The third-order valence-electron chi connectivity index (χ3n) is 4.95. The second-order valence-electron chi connectivity index (χ2n) is 7.22. The second-order valence-corrected chi connectivity index (χ2v) is 7.22. The predicted octanol–water partition coefficient (Wildman–Crippen LogP) is 5.48. The SMILES string of the molecule is CCCCCc1ncc(-c2ccc(C3OCC(CCC)CO3)cc2)c(F)n1. The molecule has 1 aromatic heterocycles. The second kappa shape index (κ2) is 9.90. The lowest BCUT2D eigenvalue weighted by atomic mass is 10.0. The van der Waals surface area contributed by atoms with Gasteiger partial charge in [0.25, 0.3) is 0 Å². The summed E-state index contributed by atoms with van der Waals surface area (Å²) in [4.78, 5) is 8.36. The maximum absolute atomic E-state index is 14.4. The minimum atomic E-state index is -0.461. The molecule has 2 aromatic rings.